The minimum absolute atomic E-state index is 0.141. The van der Waals surface area contributed by atoms with E-state index in [-0.39, 0.29) is 22.6 Å². The third-order valence-corrected chi connectivity index (χ3v) is 11.0. The molecule has 0 bridgehead atoms. The average molecular weight is 682 g/mol. The summed E-state index contributed by atoms with van der Waals surface area (Å²) in [5, 5.41) is 0.859. The summed E-state index contributed by atoms with van der Waals surface area (Å²) in [5.74, 6) is -0.457. The lowest BCUT2D eigenvalue weighted by Crippen LogP contribution is -2.28. The first-order valence-electron chi connectivity index (χ1n) is 18.1. The molecule has 2 aliphatic heterocycles. The van der Waals surface area contributed by atoms with Crippen LogP contribution in [0.3, 0.4) is 0 Å². The topological polar surface area (TPSA) is 92.4 Å². The molecule has 0 saturated carbocycles. The second kappa shape index (κ2) is 15.8. The Bertz CT molecular complexity index is 1730. The van der Waals surface area contributed by atoms with Gasteiger partial charge in [-0.2, -0.15) is 4.58 Å². The van der Waals surface area contributed by atoms with Gasteiger partial charge in [0.25, 0.3) is 0 Å². The van der Waals surface area contributed by atoms with Crippen LogP contribution < -0.4 is 16.4 Å². The summed E-state index contributed by atoms with van der Waals surface area (Å²) in [7, 11) is 0. The van der Waals surface area contributed by atoms with Gasteiger partial charge in [-0.25, -0.2) is 0 Å². The van der Waals surface area contributed by atoms with E-state index < -0.39 is 0 Å². The van der Waals surface area contributed by atoms with Gasteiger partial charge in [0.1, 0.15) is 6.54 Å². The van der Waals surface area contributed by atoms with E-state index in [1.165, 1.54) is 45.1 Å². The highest BCUT2D eigenvalue weighted by Gasteiger charge is 2.44. The van der Waals surface area contributed by atoms with E-state index in [0.717, 1.165) is 75.9 Å². The fraction of sp³-hybridized carbons (Fsp3) is 0.452. The van der Waals surface area contributed by atoms with E-state index in [0.29, 0.717) is 12.8 Å². The molecule has 6 nitrogen and oxygen atoms in total. The van der Waals surface area contributed by atoms with Gasteiger partial charge in [0, 0.05) is 65.3 Å². The smallest absolute Gasteiger partial charge is 0.217 e. The summed E-state index contributed by atoms with van der Waals surface area (Å²) in [6, 6.07) is 17.4. The number of halogens is 1. The molecular formula is C42H54ClN4O2+. The van der Waals surface area contributed by atoms with Gasteiger partial charge in [-0.15, -0.1) is 0 Å². The van der Waals surface area contributed by atoms with Crippen LogP contribution in [0.1, 0.15) is 109 Å². The highest BCUT2D eigenvalue weighted by Crippen LogP contribution is 2.48. The molecule has 0 unspecified atom stereocenters. The van der Waals surface area contributed by atoms with E-state index >= 15 is 0 Å². The average Bonchev–Trinajstić information content (AvgIpc) is 3.41. The molecule has 3 aliphatic rings. The zero-order valence-corrected chi connectivity index (χ0v) is 30.6. The van der Waals surface area contributed by atoms with Crippen LogP contribution >= 0.6 is 11.6 Å². The molecule has 0 aromatic heterocycles. The van der Waals surface area contributed by atoms with Gasteiger partial charge in [0.15, 0.2) is 5.71 Å². The highest BCUT2D eigenvalue weighted by atomic mass is 35.5. The van der Waals surface area contributed by atoms with E-state index in [1.807, 2.05) is 0 Å². The first-order chi connectivity index (χ1) is 23.4. The number of primary amides is 2. The number of carbonyl (C=O) groups excluding carboxylic acids is 2. The van der Waals surface area contributed by atoms with Crippen LogP contribution in [0.5, 0.6) is 0 Å². The Labute approximate surface area is 298 Å². The summed E-state index contributed by atoms with van der Waals surface area (Å²) in [6.07, 6.45) is 18.5. The molecule has 2 aromatic rings. The zero-order valence-electron chi connectivity index (χ0n) is 29.9. The van der Waals surface area contributed by atoms with Gasteiger partial charge in [-0.05, 0) is 87.6 Å². The van der Waals surface area contributed by atoms with Crippen LogP contribution in [0.25, 0.3) is 0 Å². The Balaban J connectivity index is 1.41. The summed E-state index contributed by atoms with van der Waals surface area (Å²) < 4.78 is 2.46. The molecule has 7 heteroatoms. The Morgan fingerprint density at radius 1 is 0.796 bits per heavy atom. The van der Waals surface area contributed by atoms with Crippen LogP contribution in [-0.4, -0.2) is 35.2 Å². The fourth-order valence-corrected chi connectivity index (χ4v) is 8.14. The molecule has 2 heterocycles. The highest BCUT2D eigenvalue weighted by molar-refractivity contribution is 6.32. The van der Waals surface area contributed by atoms with Crippen molar-refractivity contribution in [3.63, 3.8) is 0 Å². The molecule has 0 spiro atoms. The Kier molecular flexibility index (Phi) is 11.7. The monoisotopic (exact) mass is 681 g/mol. The maximum atomic E-state index is 11.2. The van der Waals surface area contributed by atoms with Crippen molar-refractivity contribution < 1.29 is 14.2 Å². The van der Waals surface area contributed by atoms with Crippen LogP contribution in [0.15, 0.2) is 94.7 Å². The third kappa shape index (κ3) is 8.12. The summed E-state index contributed by atoms with van der Waals surface area (Å²) in [5.41, 5.74) is 20.6. The molecule has 4 N–H and O–H groups in total. The van der Waals surface area contributed by atoms with Crippen molar-refractivity contribution in [2.45, 2.75) is 109 Å². The maximum absolute atomic E-state index is 11.2. The standard InChI is InChI=1S/C42H53ClN4O2/c1-41(2)32-18-9-11-20-34(32)46(28-13-5-7-22-38(44)48)36(41)26-24-30-16-15-17-31(40(30)43)25-27-37-42(3,4)33-19-10-12-21-35(33)47(37)29-14-6-8-23-39(45)49/h9-12,18-21,24-27H,5-8,13-17,22-23,28-29H2,1-4H3,(H3-,44,45,48,49)/p+1. The maximum Gasteiger partial charge on any atom is 0.217 e. The Hall–Kier alpha value is -3.90. The lowest BCUT2D eigenvalue weighted by atomic mass is 9.81. The molecule has 2 amide bonds. The van der Waals surface area contributed by atoms with Crippen molar-refractivity contribution in [3.8, 4) is 0 Å². The number of unbranched alkanes of at least 4 members (excludes halogenated alkanes) is 4. The van der Waals surface area contributed by atoms with E-state index in [9.17, 15) is 9.59 Å². The number of hydrogen-bond acceptors (Lipinski definition) is 3. The number of para-hydroxylation sites is 2. The predicted octanol–water partition coefficient (Wildman–Crippen LogP) is 9.00. The minimum atomic E-state index is -0.229. The van der Waals surface area contributed by atoms with Crippen LogP contribution in [0, 0.1) is 0 Å². The van der Waals surface area contributed by atoms with Crippen molar-refractivity contribution >= 4 is 40.5 Å². The molecule has 260 valence electrons. The first-order valence-corrected chi connectivity index (χ1v) is 18.5. The van der Waals surface area contributed by atoms with Crippen molar-refractivity contribution in [3.05, 3.63) is 106 Å². The van der Waals surface area contributed by atoms with Gasteiger partial charge >= 0.3 is 0 Å². The van der Waals surface area contributed by atoms with Crippen LogP contribution in [0.2, 0.25) is 0 Å². The minimum Gasteiger partial charge on any atom is -0.370 e. The molecule has 0 saturated heterocycles. The SMILES string of the molecule is CC1(C)C(/C=C/C2=C(Cl)C(=C/C=C3/N(CCCCCC(N)=O)c4ccccc4C3(C)C)/CCC2)=[N+](CCCCCC(N)=O)c2ccccc21. The summed E-state index contributed by atoms with van der Waals surface area (Å²) in [4.78, 5) is 24.9. The number of anilines is 1. The second-order valence-corrected chi connectivity index (χ2v) is 15.2. The van der Waals surface area contributed by atoms with Gasteiger partial charge in [-0.1, -0.05) is 80.4 Å². The van der Waals surface area contributed by atoms with Crippen molar-refractivity contribution in [2.24, 2.45) is 11.5 Å². The van der Waals surface area contributed by atoms with E-state index in [2.05, 4.69) is 110 Å². The second-order valence-electron chi connectivity index (χ2n) is 14.8. The number of fused-ring (bicyclic) bond motifs is 2. The number of benzene rings is 2. The van der Waals surface area contributed by atoms with Crippen LogP contribution in [0.4, 0.5) is 11.4 Å². The lowest BCUT2D eigenvalue weighted by Gasteiger charge is -2.27. The molecule has 5 rings (SSSR count). The largest absolute Gasteiger partial charge is 0.370 e. The summed E-state index contributed by atoms with van der Waals surface area (Å²) >= 11 is 7.22. The number of nitrogens with zero attached hydrogens (tertiary/aromatic N) is 2. The molecule has 2 aromatic carbocycles. The number of nitrogens with two attached hydrogens (primary N) is 2. The third-order valence-electron chi connectivity index (χ3n) is 10.5. The molecule has 0 fully saturated rings. The molecule has 1 aliphatic carbocycles. The number of hydrogen-bond donors (Lipinski definition) is 2. The van der Waals surface area contributed by atoms with Gasteiger partial charge in [0.2, 0.25) is 17.5 Å². The number of amides is 2. The number of rotatable bonds is 15. The first kappa shape index (κ1) is 36.4. The lowest BCUT2D eigenvalue weighted by molar-refractivity contribution is -0.438. The predicted molar refractivity (Wildman–Crippen MR) is 203 cm³/mol. The van der Waals surface area contributed by atoms with Gasteiger partial charge in [-0.3, -0.25) is 9.59 Å². The van der Waals surface area contributed by atoms with Crippen LogP contribution in [-0.2, 0) is 20.4 Å². The molecule has 0 radical (unpaired) electrons. The zero-order chi connectivity index (χ0) is 35.2. The number of carbonyl (C=O) groups is 2. The van der Waals surface area contributed by atoms with Crippen molar-refractivity contribution in [2.75, 3.05) is 18.0 Å². The van der Waals surface area contributed by atoms with Gasteiger partial charge in [0.05, 0.1) is 5.41 Å². The van der Waals surface area contributed by atoms with Crippen molar-refractivity contribution in [1.82, 2.24) is 0 Å². The fourth-order valence-electron chi connectivity index (χ4n) is 7.82. The quantitative estimate of drug-likeness (QED) is 0.145. The van der Waals surface area contributed by atoms with E-state index in [4.69, 9.17) is 23.1 Å². The Morgan fingerprint density at radius 2 is 1.45 bits per heavy atom. The number of allylic oxidation sites excluding steroid dienone is 8. The normalized spacial score (nSPS) is 19.7. The summed E-state index contributed by atoms with van der Waals surface area (Å²) in [6.45, 7) is 11.0. The molecular weight excluding hydrogens is 628 g/mol. The Morgan fingerprint density at radius 3 is 2.16 bits per heavy atom. The van der Waals surface area contributed by atoms with E-state index in [1.54, 1.807) is 0 Å². The molecule has 49 heavy (non-hydrogen) atoms. The van der Waals surface area contributed by atoms with Gasteiger partial charge < -0.3 is 16.4 Å². The van der Waals surface area contributed by atoms with Crippen molar-refractivity contribution in [1.29, 1.82) is 0 Å². The molecule has 0 atom stereocenters.